The molecular formula is C12H9FN2O2. The van der Waals surface area contributed by atoms with Gasteiger partial charge in [0.25, 0.3) is 5.69 Å². The quantitative estimate of drug-likeness (QED) is 0.590. The largest absolute Gasteiger partial charge is 0.290 e. The Hall–Kier alpha value is -2.30. The van der Waals surface area contributed by atoms with Gasteiger partial charge in [-0.05, 0) is 25.1 Å². The van der Waals surface area contributed by atoms with Crippen LogP contribution in [0.25, 0.3) is 11.3 Å². The van der Waals surface area contributed by atoms with Crippen LogP contribution in [0.15, 0.2) is 36.5 Å². The minimum absolute atomic E-state index is 0.0647. The molecule has 0 fully saturated rings. The fraction of sp³-hybridized carbons (Fsp3) is 0.0833. The maximum atomic E-state index is 13.5. The van der Waals surface area contributed by atoms with Crippen molar-refractivity contribution in [2.75, 3.05) is 0 Å². The molecule has 4 nitrogen and oxygen atoms in total. The van der Waals surface area contributed by atoms with Crippen molar-refractivity contribution >= 4 is 5.69 Å². The van der Waals surface area contributed by atoms with Gasteiger partial charge in [0.15, 0.2) is 0 Å². The van der Waals surface area contributed by atoms with Crippen LogP contribution in [-0.4, -0.2) is 9.91 Å². The summed E-state index contributed by atoms with van der Waals surface area (Å²) in [4.78, 5) is 14.0. The second kappa shape index (κ2) is 4.29. The van der Waals surface area contributed by atoms with Crippen molar-refractivity contribution in [1.82, 2.24) is 4.98 Å². The third kappa shape index (κ3) is 2.13. The predicted molar refractivity (Wildman–Crippen MR) is 61.0 cm³/mol. The Morgan fingerprint density at radius 3 is 2.65 bits per heavy atom. The molecule has 0 N–H and O–H groups in total. The minimum atomic E-state index is -0.506. The van der Waals surface area contributed by atoms with Gasteiger partial charge in [0.1, 0.15) is 12.0 Å². The second-order valence-electron chi connectivity index (χ2n) is 3.59. The third-order valence-corrected chi connectivity index (χ3v) is 2.43. The van der Waals surface area contributed by atoms with Crippen molar-refractivity contribution in [3.63, 3.8) is 0 Å². The zero-order valence-electron chi connectivity index (χ0n) is 9.05. The van der Waals surface area contributed by atoms with Gasteiger partial charge < -0.3 is 0 Å². The van der Waals surface area contributed by atoms with Crippen molar-refractivity contribution in [1.29, 1.82) is 0 Å². The summed E-state index contributed by atoms with van der Waals surface area (Å²) in [5.41, 5.74) is 1.13. The summed E-state index contributed by atoms with van der Waals surface area (Å²) in [6, 6.07) is 7.70. The molecule has 86 valence electrons. The van der Waals surface area contributed by atoms with E-state index in [1.807, 2.05) is 0 Å². The van der Waals surface area contributed by atoms with Gasteiger partial charge in [-0.2, -0.15) is 0 Å². The van der Waals surface area contributed by atoms with E-state index in [9.17, 15) is 14.5 Å². The molecule has 0 saturated carbocycles. The number of hydrogen-bond donors (Lipinski definition) is 0. The molecule has 0 radical (unpaired) electrons. The molecule has 1 heterocycles. The lowest BCUT2D eigenvalue weighted by Gasteiger charge is -2.03. The van der Waals surface area contributed by atoms with Crippen LogP contribution in [0.2, 0.25) is 0 Å². The van der Waals surface area contributed by atoms with Gasteiger partial charge in [-0.3, -0.25) is 10.1 Å². The number of benzene rings is 1. The van der Waals surface area contributed by atoms with E-state index in [1.165, 1.54) is 12.1 Å². The topological polar surface area (TPSA) is 56.0 Å². The van der Waals surface area contributed by atoms with E-state index in [1.54, 1.807) is 25.1 Å². The Kier molecular flexibility index (Phi) is 2.82. The first-order valence-corrected chi connectivity index (χ1v) is 4.95. The highest BCUT2D eigenvalue weighted by atomic mass is 19.1. The first-order chi connectivity index (χ1) is 8.09. The molecule has 0 spiro atoms. The number of nitrogens with zero attached hydrogens (tertiary/aromatic N) is 2. The molecule has 2 rings (SSSR count). The van der Waals surface area contributed by atoms with Crippen molar-refractivity contribution < 1.29 is 9.31 Å². The average Bonchev–Trinajstić information content (AvgIpc) is 2.29. The Morgan fingerprint density at radius 1 is 1.35 bits per heavy atom. The molecule has 0 aliphatic carbocycles. The lowest BCUT2D eigenvalue weighted by atomic mass is 10.1. The number of hydrogen-bond acceptors (Lipinski definition) is 3. The number of rotatable bonds is 2. The zero-order chi connectivity index (χ0) is 12.4. The number of aryl methyl sites for hydroxylation is 1. The lowest BCUT2D eigenvalue weighted by molar-refractivity contribution is -0.385. The Balaban J connectivity index is 2.52. The van der Waals surface area contributed by atoms with Crippen LogP contribution in [0.1, 0.15) is 5.56 Å². The van der Waals surface area contributed by atoms with Crippen molar-refractivity contribution in [3.8, 4) is 11.3 Å². The van der Waals surface area contributed by atoms with E-state index in [4.69, 9.17) is 0 Å². The van der Waals surface area contributed by atoms with Gasteiger partial charge in [0.2, 0.25) is 0 Å². The first kappa shape index (κ1) is 11.2. The molecule has 0 atom stereocenters. The van der Waals surface area contributed by atoms with E-state index >= 15 is 0 Å². The Labute approximate surface area is 96.9 Å². The standard InChI is InChI=1S/C12H9FN2O2/c1-8-6-11(14-7-12(8)15(16)17)9-4-2-3-5-10(9)13/h2-7H,1H3. The number of nitro groups is 1. The van der Waals surface area contributed by atoms with Crippen LogP contribution in [0.3, 0.4) is 0 Å². The molecule has 5 heteroatoms. The van der Waals surface area contributed by atoms with Crippen LogP contribution >= 0.6 is 0 Å². The van der Waals surface area contributed by atoms with Crippen LogP contribution in [0.4, 0.5) is 10.1 Å². The Morgan fingerprint density at radius 2 is 2.06 bits per heavy atom. The van der Waals surface area contributed by atoms with E-state index in [0.29, 0.717) is 16.8 Å². The molecule has 1 aromatic carbocycles. The van der Waals surface area contributed by atoms with Crippen molar-refractivity contribution in [3.05, 3.63) is 58.0 Å². The van der Waals surface area contributed by atoms with Gasteiger partial charge in [-0.1, -0.05) is 12.1 Å². The van der Waals surface area contributed by atoms with E-state index in [2.05, 4.69) is 4.98 Å². The van der Waals surface area contributed by atoms with Gasteiger partial charge in [0.05, 0.1) is 10.6 Å². The molecular weight excluding hydrogens is 223 g/mol. The van der Waals surface area contributed by atoms with Gasteiger partial charge in [-0.25, -0.2) is 9.37 Å². The van der Waals surface area contributed by atoms with Gasteiger partial charge in [-0.15, -0.1) is 0 Å². The number of pyridine rings is 1. The highest BCUT2D eigenvalue weighted by Crippen LogP contribution is 2.25. The molecule has 1 aromatic heterocycles. The Bertz CT molecular complexity index is 584. The van der Waals surface area contributed by atoms with E-state index in [-0.39, 0.29) is 5.69 Å². The minimum Gasteiger partial charge on any atom is -0.258 e. The smallest absolute Gasteiger partial charge is 0.258 e. The van der Waals surface area contributed by atoms with Crippen molar-refractivity contribution in [2.24, 2.45) is 0 Å². The molecule has 0 amide bonds. The monoisotopic (exact) mass is 232 g/mol. The highest BCUT2D eigenvalue weighted by Gasteiger charge is 2.13. The lowest BCUT2D eigenvalue weighted by Crippen LogP contribution is -1.95. The molecule has 0 saturated heterocycles. The van der Waals surface area contributed by atoms with Crippen molar-refractivity contribution in [2.45, 2.75) is 6.92 Å². The number of aromatic nitrogens is 1. The fourth-order valence-corrected chi connectivity index (χ4v) is 1.56. The normalized spacial score (nSPS) is 10.2. The van der Waals surface area contributed by atoms with Crippen LogP contribution < -0.4 is 0 Å². The fourth-order valence-electron chi connectivity index (χ4n) is 1.56. The third-order valence-electron chi connectivity index (χ3n) is 2.43. The SMILES string of the molecule is Cc1cc(-c2ccccc2F)ncc1[N+](=O)[O-]. The molecule has 17 heavy (non-hydrogen) atoms. The van der Waals surface area contributed by atoms with Crippen LogP contribution in [0, 0.1) is 22.9 Å². The molecule has 0 unspecified atom stereocenters. The summed E-state index contributed by atoms with van der Waals surface area (Å²) in [6.07, 6.45) is 1.15. The summed E-state index contributed by atoms with van der Waals surface area (Å²) in [6.45, 7) is 1.60. The van der Waals surface area contributed by atoms with E-state index in [0.717, 1.165) is 6.20 Å². The summed E-state index contributed by atoms with van der Waals surface area (Å²) < 4.78 is 13.5. The molecule has 2 aromatic rings. The first-order valence-electron chi connectivity index (χ1n) is 4.95. The molecule has 0 aliphatic rings. The zero-order valence-corrected chi connectivity index (χ0v) is 9.05. The maximum Gasteiger partial charge on any atom is 0.290 e. The van der Waals surface area contributed by atoms with Gasteiger partial charge >= 0.3 is 0 Å². The van der Waals surface area contributed by atoms with Crippen LogP contribution in [-0.2, 0) is 0 Å². The summed E-state index contributed by atoms with van der Waals surface area (Å²) in [5, 5.41) is 10.6. The maximum absolute atomic E-state index is 13.5. The molecule has 0 aliphatic heterocycles. The summed E-state index contributed by atoms with van der Waals surface area (Å²) in [7, 11) is 0. The molecule has 0 bridgehead atoms. The highest BCUT2D eigenvalue weighted by molar-refractivity contribution is 5.62. The van der Waals surface area contributed by atoms with E-state index < -0.39 is 10.7 Å². The summed E-state index contributed by atoms with van der Waals surface area (Å²) >= 11 is 0. The second-order valence-corrected chi connectivity index (χ2v) is 3.59. The average molecular weight is 232 g/mol. The van der Waals surface area contributed by atoms with Crippen LogP contribution in [0.5, 0.6) is 0 Å². The van der Waals surface area contributed by atoms with Gasteiger partial charge in [0, 0.05) is 11.1 Å². The predicted octanol–water partition coefficient (Wildman–Crippen LogP) is 3.10. The number of halogens is 1. The summed E-state index contributed by atoms with van der Waals surface area (Å²) in [5.74, 6) is -0.395.